The average molecular weight is 620 g/mol. The first-order valence-corrected chi connectivity index (χ1v) is 16.2. The summed E-state index contributed by atoms with van der Waals surface area (Å²) in [5.41, 5.74) is 2.96. The molecule has 1 saturated heterocycles. The van der Waals surface area contributed by atoms with Crippen LogP contribution in [0.25, 0.3) is 27.7 Å². The maximum absolute atomic E-state index is 13.1. The number of aliphatic hydroxyl groups excluding tert-OH is 1. The predicted octanol–water partition coefficient (Wildman–Crippen LogP) is 5.42. The Labute approximate surface area is 254 Å². The number of ether oxygens (including phenoxy) is 1. The number of H-pyrrole nitrogens is 1. The minimum Gasteiger partial charge on any atom is -0.507 e. The Kier molecular flexibility index (Phi) is 7.30. The summed E-state index contributed by atoms with van der Waals surface area (Å²) in [6, 6.07) is 17.5. The summed E-state index contributed by atoms with van der Waals surface area (Å²) < 4.78 is 29.9. The lowest BCUT2D eigenvalue weighted by Crippen LogP contribution is -2.48. The highest BCUT2D eigenvalue weighted by Crippen LogP contribution is 2.45. The van der Waals surface area contributed by atoms with Gasteiger partial charge in [-0.05, 0) is 60.0 Å². The van der Waals surface area contributed by atoms with Crippen LogP contribution in [-0.2, 0) is 30.6 Å². The Balaban J connectivity index is 1.18. The molecule has 4 aromatic rings. The van der Waals surface area contributed by atoms with Gasteiger partial charge in [0.05, 0.1) is 15.9 Å². The number of halogens is 1. The van der Waals surface area contributed by atoms with E-state index >= 15 is 0 Å². The summed E-state index contributed by atoms with van der Waals surface area (Å²) in [5.74, 6) is -0.0754. The number of hydrogen-bond acceptors (Lipinski definition) is 7. The highest BCUT2D eigenvalue weighted by molar-refractivity contribution is 7.90. The fourth-order valence-electron chi connectivity index (χ4n) is 5.87. The van der Waals surface area contributed by atoms with E-state index in [9.17, 15) is 23.1 Å². The molecular formula is C32H30ClN3O6S. The molecule has 1 aromatic heterocycles. The molecule has 3 heterocycles. The summed E-state index contributed by atoms with van der Waals surface area (Å²) in [5, 5.41) is 11.7. The second-order valence-corrected chi connectivity index (χ2v) is 13.6. The summed E-state index contributed by atoms with van der Waals surface area (Å²) in [7, 11) is -3.41. The molecule has 11 heteroatoms. The van der Waals surface area contributed by atoms with Gasteiger partial charge in [0, 0.05) is 55.6 Å². The molecule has 2 aliphatic heterocycles. The number of likely N-dealkylation sites (tertiary alicyclic amines) is 1. The Hall–Kier alpha value is -4.15. The molecular weight excluding hydrogens is 590 g/mol. The fourth-order valence-corrected chi connectivity index (χ4v) is 6.81. The van der Waals surface area contributed by atoms with Crippen LogP contribution in [-0.4, -0.2) is 65.2 Å². The van der Waals surface area contributed by atoms with E-state index in [1.807, 2.05) is 24.3 Å². The lowest BCUT2D eigenvalue weighted by atomic mass is 9.86. The molecule has 3 aromatic carbocycles. The smallest absolute Gasteiger partial charge is 0.343 e. The summed E-state index contributed by atoms with van der Waals surface area (Å²) in [6.07, 6.45) is 2.45. The Morgan fingerprint density at radius 3 is 2.56 bits per heavy atom. The molecule has 222 valence electrons. The third kappa shape index (κ3) is 5.41. The van der Waals surface area contributed by atoms with Crippen LogP contribution in [0.3, 0.4) is 0 Å². The number of nitrogens with zero attached hydrogens (tertiary/aromatic N) is 2. The number of hydrogen-bond donors (Lipinski definition) is 2. The molecule has 2 aliphatic rings. The van der Waals surface area contributed by atoms with Crippen molar-refractivity contribution in [3.63, 3.8) is 0 Å². The normalized spacial score (nSPS) is 16.7. The van der Waals surface area contributed by atoms with Crippen molar-refractivity contribution in [3.05, 3.63) is 88.4 Å². The van der Waals surface area contributed by atoms with Crippen molar-refractivity contribution in [3.8, 4) is 11.1 Å². The molecule has 1 spiro atoms. The molecule has 0 unspecified atom stereocenters. The Morgan fingerprint density at radius 1 is 1.09 bits per heavy atom. The van der Waals surface area contributed by atoms with Crippen LogP contribution in [0.5, 0.6) is 0 Å². The summed E-state index contributed by atoms with van der Waals surface area (Å²) >= 11 is 6.65. The number of aliphatic hydroxyl groups is 1. The van der Waals surface area contributed by atoms with Gasteiger partial charge < -0.3 is 19.7 Å². The first-order chi connectivity index (χ1) is 20.4. The standard InChI is InChI=1S/C32H30ClN3O6S/c1-19-16-23(20-6-5-7-21(17-20)43(2,40)41)24(33)18-22(19)29-30(38)32(42-31(29)39)12-14-36(15-13-32)28(37)11-10-27-34-25-8-3-4-9-26(25)35-27/h3-9,16-18,38H,10-15H2,1-2H3,(H,34,35). The number of carbonyl (C=O) groups is 2. The number of benzene rings is 3. The summed E-state index contributed by atoms with van der Waals surface area (Å²) in [6.45, 7) is 2.45. The van der Waals surface area contributed by atoms with Gasteiger partial charge in [-0.3, -0.25) is 4.79 Å². The van der Waals surface area contributed by atoms with Gasteiger partial charge in [0.25, 0.3) is 0 Å². The molecule has 0 radical (unpaired) electrons. The molecule has 1 amide bonds. The SMILES string of the molecule is Cc1cc(-c2cccc(S(C)(=O)=O)c2)c(Cl)cc1C1=C(O)C2(CCN(C(=O)CCc3nc4ccccc4[nH]3)CC2)OC1=O. The maximum Gasteiger partial charge on any atom is 0.343 e. The van der Waals surface area contributed by atoms with E-state index in [0.29, 0.717) is 46.8 Å². The van der Waals surface area contributed by atoms with E-state index in [1.165, 1.54) is 6.07 Å². The van der Waals surface area contributed by atoms with Crippen molar-refractivity contribution < 1.29 is 27.9 Å². The number of carbonyl (C=O) groups excluding carboxylic acids is 2. The van der Waals surface area contributed by atoms with E-state index in [1.54, 1.807) is 42.2 Å². The highest BCUT2D eigenvalue weighted by Gasteiger charge is 2.51. The number of sulfone groups is 1. The number of aryl methyl sites for hydroxylation is 2. The van der Waals surface area contributed by atoms with Crippen LogP contribution >= 0.6 is 11.6 Å². The van der Waals surface area contributed by atoms with Crippen molar-refractivity contribution in [1.29, 1.82) is 0 Å². The van der Waals surface area contributed by atoms with Crippen LogP contribution in [0.15, 0.2) is 71.3 Å². The van der Waals surface area contributed by atoms with Gasteiger partial charge in [-0.15, -0.1) is 0 Å². The predicted molar refractivity (Wildman–Crippen MR) is 163 cm³/mol. The fraction of sp³-hybridized carbons (Fsp3) is 0.281. The number of rotatable bonds is 6. The van der Waals surface area contributed by atoms with Crippen molar-refractivity contribution in [2.45, 2.75) is 43.1 Å². The molecule has 0 saturated carbocycles. The molecule has 0 atom stereocenters. The topological polar surface area (TPSA) is 130 Å². The van der Waals surface area contributed by atoms with Gasteiger partial charge in [0.15, 0.2) is 21.2 Å². The van der Waals surface area contributed by atoms with E-state index in [2.05, 4.69) is 9.97 Å². The number of imidazole rings is 1. The van der Waals surface area contributed by atoms with Crippen molar-refractivity contribution >= 4 is 49.9 Å². The van der Waals surface area contributed by atoms with Gasteiger partial charge in [-0.2, -0.15) is 0 Å². The van der Waals surface area contributed by atoms with Crippen molar-refractivity contribution in [1.82, 2.24) is 14.9 Å². The monoisotopic (exact) mass is 619 g/mol. The van der Waals surface area contributed by atoms with Crippen LogP contribution in [0.2, 0.25) is 5.02 Å². The van der Waals surface area contributed by atoms with E-state index < -0.39 is 21.4 Å². The number of para-hydroxylation sites is 2. The van der Waals surface area contributed by atoms with Crippen LogP contribution in [0, 0.1) is 6.92 Å². The minimum atomic E-state index is -3.41. The Bertz CT molecular complexity index is 1890. The zero-order valence-corrected chi connectivity index (χ0v) is 25.3. The van der Waals surface area contributed by atoms with Crippen LogP contribution in [0.4, 0.5) is 0 Å². The zero-order chi connectivity index (χ0) is 30.5. The van der Waals surface area contributed by atoms with Crippen molar-refractivity contribution in [2.24, 2.45) is 0 Å². The first-order valence-electron chi connectivity index (χ1n) is 13.9. The number of piperidine rings is 1. The number of esters is 1. The minimum absolute atomic E-state index is 0.0264. The van der Waals surface area contributed by atoms with Crippen LogP contribution < -0.4 is 0 Å². The molecule has 43 heavy (non-hydrogen) atoms. The maximum atomic E-state index is 13.1. The number of fused-ring (bicyclic) bond motifs is 1. The van der Waals surface area contributed by atoms with E-state index in [4.69, 9.17) is 16.3 Å². The molecule has 6 rings (SSSR count). The first kappa shape index (κ1) is 28.9. The Morgan fingerprint density at radius 2 is 1.84 bits per heavy atom. The molecule has 1 fully saturated rings. The number of aromatic nitrogens is 2. The molecule has 2 N–H and O–H groups in total. The third-order valence-corrected chi connectivity index (χ3v) is 9.68. The van der Waals surface area contributed by atoms with Gasteiger partial charge in [0.2, 0.25) is 5.91 Å². The zero-order valence-electron chi connectivity index (χ0n) is 23.7. The second-order valence-electron chi connectivity index (χ2n) is 11.1. The summed E-state index contributed by atoms with van der Waals surface area (Å²) in [4.78, 5) is 35.8. The van der Waals surface area contributed by atoms with Gasteiger partial charge >= 0.3 is 5.97 Å². The van der Waals surface area contributed by atoms with Gasteiger partial charge in [-0.1, -0.05) is 35.9 Å². The third-order valence-electron chi connectivity index (χ3n) is 8.26. The number of amides is 1. The highest BCUT2D eigenvalue weighted by atomic mass is 35.5. The number of aromatic amines is 1. The number of nitrogens with one attached hydrogen (secondary N) is 1. The molecule has 0 aliphatic carbocycles. The lowest BCUT2D eigenvalue weighted by Gasteiger charge is -2.38. The molecule has 0 bridgehead atoms. The largest absolute Gasteiger partial charge is 0.507 e. The quantitative estimate of drug-likeness (QED) is 0.276. The average Bonchev–Trinajstić information content (AvgIpc) is 3.50. The van der Waals surface area contributed by atoms with Crippen LogP contribution in [0.1, 0.15) is 36.2 Å². The van der Waals surface area contributed by atoms with Crippen molar-refractivity contribution in [2.75, 3.05) is 19.3 Å². The van der Waals surface area contributed by atoms with Gasteiger partial charge in [-0.25, -0.2) is 18.2 Å². The van der Waals surface area contributed by atoms with E-state index in [-0.39, 0.29) is 41.4 Å². The van der Waals surface area contributed by atoms with E-state index in [0.717, 1.165) is 23.1 Å². The molecule has 9 nitrogen and oxygen atoms in total. The second kappa shape index (κ2) is 10.8. The van der Waals surface area contributed by atoms with Gasteiger partial charge in [0.1, 0.15) is 11.4 Å². The lowest BCUT2D eigenvalue weighted by molar-refractivity contribution is -0.152.